The Bertz CT molecular complexity index is 537. The van der Waals surface area contributed by atoms with E-state index in [1.54, 1.807) is 0 Å². The molecule has 1 atom stereocenters. The highest BCUT2D eigenvalue weighted by Crippen LogP contribution is 2.28. The van der Waals surface area contributed by atoms with E-state index in [1.165, 1.54) is 5.56 Å². The van der Waals surface area contributed by atoms with Gasteiger partial charge in [0.05, 0.1) is 0 Å². The molecule has 0 aromatic heterocycles. The molecule has 2 aliphatic rings. The molecule has 2 saturated heterocycles. The second-order valence-corrected chi connectivity index (χ2v) is 6.99. The summed E-state index contributed by atoms with van der Waals surface area (Å²) in [6, 6.07) is 8.34. The van der Waals surface area contributed by atoms with Crippen LogP contribution in [-0.2, 0) is 4.79 Å². The van der Waals surface area contributed by atoms with Gasteiger partial charge in [0.2, 0.25) is 5.91 Å². The van der Waals surface area contributed by atoms with E-state index in [9.17, 15) is 4.79 Å². The summed E-state index contributed by atoms with van der Waals surface area (Å²) >= 11 is 6.32. The van der Waals surface area contributed by atoms with Gasteiger partial charge in [-0.2, -0.15) is 0 Å². The van der Waals surface area contributed by atoms with Crippen LogP contribution in [0.3, 0.4) is 0 Å². The second kappa shape index (κ2) is 7.65. The molecule has 0 spiro atoms. The van der Waals surface area contributed by atoms with Gasteiger partial charge in [0.15, 0.2) is 0 Å². The quantitative estimate of drug-likeness (QED) is 0.922. The molecule has 3 rings (SSSR count). The molecule has 1 N–H and O–H groups in total. The van der Waals surface area contributed by atoms with E-state index in [1.807, 2.05) is 18.2 Å². The van der Waals surface area contributed by atoms with Gasteiger partial charge in [0.25, 0.3) is 0 Å². The molecule has 2 heterocycles. The molecule has 1 aromatic carbocycles. The van der Waals surface area contributed by atoms with E-state index in [0.717, 1.165) is 57.1 Å². The number of benzene rings is 1. The Kier molecular flexibility index (Phi) is 5.57. The van der Waals surface area contributed by atoms with Gasteiger partial charge < -0.3 is 10.2 Å². The molecule has 2 fully saturated rings. The maximum Gasteiger partial charge on any atom is 0.225 e. The van der Waals surface area contributed by atoms with Gasteiger partial charge in [0.1, 0.15) is 0 Å². The van der Waals surface area contributed by atoms with Crippen molar-refractivity contribution >= 4 is 17.5 Å². The Morgan fingerprint density at radius 3 is 2.48 bits per heavy atom. The molecule has 0 bridgehead atoms. The van der Waals surface area contributed by atoms with Crippen molar-refractivity contribution in [2.24, 2.45) is 5.92 Å². The van der Waals surface area contributed by atoms with Gasteiger partial charge in [-0.05, 0) is 44.5 Å². The SMILES string of the molecule is CC(c1ccccc1Cl)N1CCN(C(=O)C2CCNCC2)CC1. The zero-order valence-corrected chi connectivity index (χ0v) is 14.6. The van der Waals surface area contributed by atoms with Crippen molar-refractivity contribution in [2.45, 2.75) is 25.8 Å². The largest absolute Gasteiger partial charge is 0.340 e. The Hall–Kier alpha value is -1.10. The number of hydrogen-bond donors (Lipinski definition) is 1. The maximum absolute atomic E-state index is 12.6. The van der Waals surface area contributed by atoms with Crippen molar-refractivity contribution in [1.29, 1.82) is 0 Å². The van der Waals surface area contributed by atoms with E-state index < -0.39 is 0 Å². The average Bonchev–Trinajstić information content (AvgIpc) is 2.62. The molecule has 126 valence electrons. The summed E-state index contributed by atoms with van der Waals surface area (Å²) in [7, 11) is 0. The number of halogens is 1. The first-order chi connectivity index (χ1) is 11.2. The normalized spacial score (nSPS) is 22.1. The lowest BCUT2D eigenvalue weighted by Crippen LogP contribution is -2.51. The molecular formula is C18H26ClN3O. The number of nitrogens with one attached hydrogen (secondary N) is 1. The highest BCUT2D eigenvalue weighted by molar-refractivity contribution is 6.31. The number of piperidine rings is 1. The van der Waals surface area contributed by atoms with Crippen LogP contribution in [0.1, 0.15) is 31.4 Å². The first-order valence-electron chi connectivity index (χ1n) is 8.65. The maximum atomic E-state index is 12.6. The molecule has 1 aromatic rings. The van der Waals surface area contributed by atoms with Gasteiger partial charge in [-0.25, -0.2) is 0 Å². The molecular weight excluding hydrogens is 310 g/mol. The van der Waals surface area contributed by atoms with Crippen molar-refractivity contribution in [2.75, 3.05) is 39.3 Å². The predicted molar refractivity (Wildman–Crippen MR) is 93.6 cm³/mol. The van der Waals surface area contributed by atoms with Crippen molar-refractivity contribution < 1.29 is 4.79 Å². The van der Waals surface area contributed by atoms with Gasteiger partial charge in [-0.1, -0.05) is 29.8 Å². The number of carbonyl (C=O) groups is 1. The van der Waals surface area contributed by atoms with Gasteiger partial charge in [-0.15, -0.1) is 0 Å². The number of nitrogens with zero attached hydrogens (tertiary/aromatic N) is 2. The molecule has 4 nitrogen and oxygen atoms in total. The lowest BCUT2D eigenvalue weighted by Gasteiger charge is -2.40. The van der Waals surface area contributed by atoms with Crippen LogP contribution in [0, 0.1) is 5.92 Å². The molecule has 1 unspecified atom stereocenters. The van der Waals surface area contributed by atoms with Crippen LogP contribution in [-0.4, -0.2) is 55.0 Å². The highest BCUT2D eigenvalue weighted by Gasteiger charge is 2.30. The monoisotopic (exact) mass is 335 g/mol. The van der Waals surface area contributed by atoms with Crippen LogP contribution in [0.4, 0.5) is 0 Å². The first-order valence-corrected chi connectivity index (χ1v) is 9.02. The summed E-state index contributed by atoms with van der Waals surface area (Å²) in [6.45, 7) is 7.65. The molecule has 0 aliphatic carbocycles. The molecule has 2 aliphatic heterocycles. The zero-order valence-electron chi connectivity index (χ0n) is 13.8. The summed E-state index contributed by atoms with van der Waals surface area (Å²) in [4.78, 5) is 17.1. The Morgan fingerprint density at radius 1 is 1.17 bits per heavy atom. The minimum absolute atomic E-state index is 0.226. The topological polar surface area (TPSA) is 35.6 Å². The number of piperazine rings is 1. The van der Waals surface area contributed by atoms with E-state index in [4.69, 9.17) is 11.6 Å². The fourth-order valence-electron chi connectivity index (χ4n) is 3.67. The van der Waals surface area contributed by atoms with Crippen LogP contribution >= 0.6 is 11.6 Å². The van der Waals surface area contributed by atoms with Crippen LogP contribution < -0.4 is 5.32 Å². The summed E-state index contributed by atoms with van der Waals surface area (Å²) < 4.78 is 0. The fourth-order valence-corrected chi connectivity index (χ4v) is 3.96. The van der Waals surface area contributed by atoms with Crippen LogP contribution in [0.15, 0.2) is 24.3 Å². The predicted octanol–water partition coefficient (Wildman–Crippen LogP) is 2.54. The molecule has 1 amide bonds. The third-order valence-corrected chi connectivity index (χ3v) is 5.56. The standard InChI is InChI=1S/C18H26ClN3O/c1-14(16-4-2-3-5-17(16)19)21-10-12-22(13-11-21)18(23)15-6-8-20-9-7-15/h2-5,14-15,20H,6-13H2,1H3. The number of rotatable bonds is 3. The Labute approximate surface area is 143 Å². The van der Waals surface area contributed by atoms with Crippen LogP contribution in [0.5, 0.6) is 0 Å². The summed E-state index contributed by atoms with van der Waals surface area (Å²) in [5.74, 6) is 0.584. The molecule has 0 radical (unpaired) electrons. The average molecular weight is 336 g/mol. The highest BCUT2D eigenvalue weighted by atomic mass is 35.5. The molecule has 0 saturated carbocycles. The number of amides is 1. The second-order valence-electron chi connectivity index (χ2n) is 6.58. The lowest BCUT2D eigenvalue weighted by molar-refractivity contribution is -0.138. The van der Waals surface area contributed by atoms with E-state index in [-0.39, 0.29) is 5.92 Å². The summed E-state index contributed by atoms with van der Waals surface area (Å²) in [5, 5.41) is 4.15. The molecule has 23 heavy (non-hydrogen) atoms. The lowest BCUT2D eigenvalue weighted by atomic mass is 9.96. The number of hydrogen-bond acceptors (Lipinski definition) is 3. The summed E-state index contributed by atoms with van der Waals surface area (Å²) in [6.07, 6.45) is 1.96. The van der Waals surface area contributed by atoms with Crippen molar-refractivity contribution in [3.8, 4) is 0 Å². The minimum Gasteiger partial charge on any atom is -0.340 e. The Morgan fingerprint density at radius 2 is 1.83 bits per heavy atom. The van der Waals surface area contributed by atoms with E-state index in [0.29, 0.717) is 11.9 Å². The van der Waals surface area contributed by atoms with Crippen LogP contribution in [0.2, 0.25) is 5.02 Å². The van der Waals surface area contributed by atoms with Crippen molar-refractivity contribution in [3.05, 3.63) is 34.9 Å². The van der Waals surface area contributed by atoms with Crippen LogP contribution in [0.25, 0.3) is 0 Å². The van der Waals surface area contributed by atoms with Gasteiger partial charge >= 0.3 is 0 Å². The minimum atomic E-state index is 0.226. The summed E-state index contributed by atoms with van der Waals surface area (Å²) in [5.41, 5.74) is 1.17. The van der Waals surface area contributed by atoms with Gasteiger partial charge in [0, 0.05) is 43.2 Å². The van der Waals surface area contributed by atoms with Crippen molar-refractivity contribution in [1.82, 2.24) is 15.1 Å². The van der Waals surface area contributed by atoms with Crippen molar-refractivity contribution in [3.63, 3.8) is 0 Å². The zero-order chi connectivity index (χ0) is 16.2. The third kappa shape index (κ3) is 3.87. The molecule has 5 heteroatoms. The van der Waals surface area contributed by atoms with Gasteiger partial charge in [-0.3, -0.25) is 9.69 Å². The van der Waals surface area contributed by atoms with E-state index >= 15 is 0 Å². The van der Waals surface area contributed by atoms with E-state index in [2.05, 4.69) is 28.1 Å². The number of carbonyl (C=O) groups excluding carboxylic acids is 1. The fraction of sp³-hybridized carbons (Fsp3) is 0.611. The Balaban J connectivity index is 1.55. The smallest absolute Gasteiger partial charge is 0.225 e. The third-order valence-electron chi connectivity index (χ3n) is 5.22. The first kappa shape index (κ1) is 16.7.